The Labute approximate surface area is 153 Å². The highest BCUT2D eigenvalue weighted by Crippen LogP contribution is 2.38. The third-order valence-corrected chi connectivity index (χ3v) is 4.74. The highest BCUT2D eigenvalue weighted by Gasteiger charge is 2.36. The lowest BCUT2D eigenvalue weighted by Crippen LogP contribution is -2.31. The second kappa shape index (κ2) is 6.80. The first kappa shape index (κ1) is 17.7. The molecule has 9 heteroatoms. The van der Waals surface area contributed by atoms with Gasteiger partial charge >= 0.3 is 6.18 Å². The zero-order valence-corrected chi connectivity index (χ0v) is 14.3. The Morgan fingerprint density at radius 1 is 1.07 bits per heavy atom. The van der Waals surface area contributed by atoms with Gasteiger partial charge in [0, 0.05) is 23.7 Å². The number of nitrogens with zero attached hydrogens (tertiary/aromatic N) is 3. The van der Waals surface area contributed by atoms with Crippen LogP contribution in [-0.2, 0) is 6.18 Å². The molecule has 3 heterocycles. The summed E-state index contributed by atoms with van der Waals surface area (Å²) in [6.07, 6.45) is 0.0474. The van der Waals surface area contributed by atoms with Crippen molar-refractivity contribution < 1.29 is 17.9 Å². The molecule has 0 aliphatic heterocycles. The lowest BCUT2D eigenvalue weighted by molar-refractivity contribution is -0.137. The van der Waals surface area contributed by atoms with Gasteiger partial charge in [0.1, 0.15) is 17.5 Å². The summed E-state index contributed by atoms with van der Waals surface area (Å²) in [5.74, 6) is 0.151. The zero-order valence-electron chi connectivity index (χ0n) is 14.3. The molecule has 142 valence electrons. The summed E-state index contributed by atoms with van der Waals surface area (Å²) in [5, 5.41) is 7.13. The van der Waals surface area contributed by atoms with Crippen molar-refractivity contribution in [2.24, 2.45) is 5.73 Å². The minimum Gasteiger partial charge on any atom is -0.474 e. The van der Waals surface area contributed by atoms with Crippen molar-refractivity contribution >= 4 is 11.0 Å². The molecule has 0 atom stereocenters. The van der Waals surface area contributed by atoms with Gasteiger partial charge in [0.25, 0.3) is 0 Å². The van der Waals surface area contributed by atoms with Crippen molar-refractivity contribution in [2.45, 2.75) is 44.0 Å². The van der Waals surface area contributed by atoms with E-state index < -0.39 is 11.7 Å². The van der Waals surface area contributed by atoms with Gasteiger partial charge in [-0.15, -0.1) is 0 Å². The SMILES string of the molecule is NC1CCC(Oc2ccc(C(F)(F)F)c(-c3n[nH]c4ncccc34)n2)CC1. The van der Waals surface area contributed by atoms with Gasteiger partial charge in [-0.05, 0) is 43.9 Å². The molecule has 0 saturated heterocycles. The summed E-state index contributed by atoms with van der Waals surface area (Å²) >= 11 is 0. The molecular weight excluding hydrogens is 359 g/mol. The number of nitrogens with two attached hydrogens (primary N) is 1. The molecule has 1 aliphatic rings. The maximum atomic E-state index is 13.5. The highest BCUT2D eigenvalue weighted by molar-refractivity contribution is 5.90. The molecule has 4 rings (SSSR count). The molecule has 0 unspecified atom stereocenters. The van der Waals surface area contributed by atoms with E-state index in [9.17, 15) is 13.2 Å². The largest absolute Gasteiger partial charge is 0.474 e. The number of nitrogens with one attached hydrogen (secondary N) is 1. The number of aromatic nitrogens is 4. The highest BCUT2D eigenvalue weighted by atomic mass is 19.4. The zero-order chi connectivity index (χ0) is 19.0. The summed E-state index contributed by atoms with van der Waals surface area (Å²) in [7, 11) is 0. The minimum atomic E-state index is -4.56. The van der Waals surface area contributed by atoms with Gasteiger partial charge in [0.05, 0.1) is 5.56 Å². The smallest absolute Gasteiger partial charge is 0.418 e. The maximum Gasteiger partial charge on any atom is 0.418 e. The standard InChI is InChI=1S/C18H18F3N5O/c19-18(20,21)13-7-8-14(27-11-5-3-10(22)4-6-11)24-16(13)15-12-2-1-9-23-17(12)26-25-15/h1-2,7-11H,3-6,22H2,(H,23,25,26). The molecule has 1 fully saturated rings. The van der Waals surface area contributed by atoms with Gasteiger partial charge in [0.15, 0.2) is 5.65 Å². The van der Waals surface area contributed by atoms with E-state index >= 15 is 0 Å². The summed E-state index contributed by atoms with van der Waals surface area (Å²) < 4.78 is 46.4. The van der Waals surface area contributed by atoms with E-state index in [0.29, 0.717) is 11.0 Å². The Hall–Kier alpha value is -2.68. The van der Waals surface area contributed by atoms with E-state index in [-0.39, 0.29) is 29.4 Å². The van der Waals surface area contributed by atoms with Gasteiger partial charge in [-0.2, -0.15) is 18.3 Å². The van der Waals surface area contributed by atoms with Crippen LogP contribution in [0, 0.1) is 0 Å². The molecule has 1 saturated carbocycles. The topological polar surface area (TPSA) is 89.7 Å². The number of fused-ring (bicyclic) bond motifs is 1. The molecule has 0 aromatic carbocycles. The molecule has 0 spiro atoms. The number of rotatable bonds is 3. The Morgan fingerprint density at radius 3 is 2.59 bits per heavy atom. The minimum absolute atomic E-state index is 0.0977. The van der Waals surface area contributed by atoms with E-state index in [1.807, 2.05) is 0 Å². The van der Waals surface area contributed by atoms with Crippen molar-refractivity contribution in [3.05, 3.63) is 36.0 Å². The number of aromatic amines is 1. The van der Waals surface area contributed by atoms with Crippen LogP contribution in [0.1, 0.15) is 31.2 Å². The Bertz CT molecular complexity index is 948. The van der Waals surface area contributed by atoms with Crippen molar-refractivity contribution in [3.8, 4) is 17.3 Å². The number of ether oxygens (including phenoxy) is 1. The maximum absolute atomic E-state index is 13.5. The number of hydrogen-bond acceptors (Lipinski definition) is 5. The Morgan fingerprint density at radius 2 is 1.85 bits per heavy atom. The second-order valence-electron chi connectivity index (χ2n) is 6.67. The van der Waals surface area contributed by atoms with Crippen molar-refractivity contribution in [2.75, 3.05) is 0 Å². The van der Waals surface area contributed by atoms with Crippen LogP contribution in [0.4, 0.5) is 13.2 Å². The van der Waals surface area contributed by atoms with Crippen LogP contribution in [0.25, 0.3) is 22.4 Å². The lowest BCUT2D eigenvalue weighted by atomic mass is 9.94. The average molecular weight is 377 g/mol. The molecule has 3 aromatic heterocycles. The third kappa shape index (κ3) is 3.59. The van der Waals surface area contributed by atoms with Gasteiger partial charge in [0.2, 0.25) is 5.88 Å². The summed E-state index contributed by atoms with van der Waals surface area (Å²) in [6, 6.07) is 5.69. The predicted molar refractivity (Wildman–Crippen MR) is 93.0 cm³/mol. The number of alkyl halides is 3. The normalized spacial score (nSPS) is 20.7. The molecule has 3 aromatic rings. The fourth-order valence-corrected chi connectivity index (χ4v) is 3.33. The lowest BCUT2D eigenvalue weighted by Gasteiger charge is -2.26. The van der Waals surface area contributed by atoms with E-state index in [1.165, 1.54) is 12.3 Å². The number of hydrogen-bond donors (Lipinski definition) is 2. The van der Waals surface area contributed by atoms with Crippen LogP contribution < -0.4 is 10.5 Å². The molecule has 3 N–H and O–H groups in total. The Balaban J connectivity index is 1.74. The van der Waals surface area contributed by atoms with Gasteiger partial charge < -0.3 is 10.5 Å². The predicted octanol–water partition coefficient (Wildman–Crippen LogP) is 3.69. The van der Waals surface area contributed by atoms with Crippen LogP contribution >= 0.6 is 0 Å². The van der Waals surface area contributed by atoms with Gasteiger partial charge in [-0.25, -0.2) is 9.97 Å². The van der Waals surface area contributed by atoms with E-state index in [1.54, 1.807) is 12.1 Å². The van der Waals surface area contributed by atoms with Gasteiger partial charge in [-0.3, -0.25) is 5.10 Å². The quantitative estimate of drug-likeness (QED) is 0.727. The molecular formula is C18H18F3N5O. The van der Waals surface area contributed by atoms with Crippen LogP contribution in [0.2, 0.25) is 0 Å². The molecule has 0 bridgehead atoms. The first-order chi connectivity index (χ1) is 12.9. The number of pyridine rings is 2. The van der Waals surface area contributed by atoms with E-state index in [2.05, 4.69) is 20.2 Å². The summed E-state index contributed by atoms with van der Waals surface area (Å²) in [4.78, 5) is 8.23. The van der Waals surface area contributed by atoms with Crippen LogP contribution in [0.5, 0.6) is 5.88 Å². The van der Waals surface area contributed by atoms with Crippen LogP contribution in [-0.4, -0.2) is 32.3 Å². The fourth-order valence-electron chi connectivity index (χ4n) is 3.33. The van der Waals surface area contributed by atoms with E-state index in [0.717, 1.165) is 31.7 Å². The molecule has 0 amide bonds. The van der Waals surface area contributed by atoms with Crippen molar-refractivity contribution in [3.63, 3.8) is 0 Å². The number of H-pyrrole nitrogens is 1. The summed E-state index contributed by atoms with van der Waals surface area (Å²) in [5.41, 5.74) is 5.25. The third-order valence-electron chi connectivity index (χ3n) is 4.74. The number of halogens is 3. The van der Waals surface area contributed by atoms with Crippen molar-refractivity contribution in [1.29, 1.82) is 0 Å². The van der Waals surface area contributed by atoms with Crippen LogP contribution in [0.3, 0.4) is 0 Å². The van der Waals surface area contributed by atoms with Gasteiger partial charge in [-0.1, -0.05) is 0 Å². The van der Waals surface area contributed by atoms with Crippen LogP contribution in [0.15, 0.2) is 30.5 Å². The first-order valence-electron chi connectivity index (χ1n) is 8.72. The Kier molecular flexibility index (Phi) is 4.47. The molecule has 27 heavy (non-hydrogen) atoms. The average Bonchev–Trinajstić information content (AvgIpc) is 3.07. The van der Waals surface area contributed by atoms with E-state index in [4.69, 9.17) is 10.5 Å². The summed E-state index contributed by atoms with van der Waals surface area (Å²) in [6.45, 7) is 0. The second-order valence-corrected chi connectivity index (χ2v) is 6.67. The molecule has 1 aliphatic carbocycles. The molecule has 0 radical (unpaired) electrons. The monoisotopic (exact) mass is 377 g/mol. The molecule has 6 nitrogen and oxygen atoms in total. The first-order valence-corrected chi connectivity index (χ1v) is 8.72. The fraction of sp³-hybridized carbons (Fsp3) is 0.389. The van der Waals surface area contributed by atoms with Crippen molar-refractivity contribution in [1.82, 2.24) is 20.2 Å².